The van der Waals surface area contributed by atoms with Crippen molar-refractivity contribution < 1.29 is 13.9 Å². The fraction of sp³-hybridized carbons (Fsp3) is 0.435. The van der Waals surface area contributed by atoms with E-state index in [9.17, 15) is 4.79 Å². The van der Waals surface area contributed by atoms with E-state index in [-0.39, 0.29) is 11.9 Å². The lowest BCUT2D eigenvalue weighted by atomic mass is 10.1. The van der Waals surface area contributed by atoms with Crippen LogP contribution in [0.1, 0.15) is 45.4 Å². The number of fused-ring (bicyclic) bond motifs is 3. The predicted octanol–water partition coefficient (Wildman–Crippen LogP) is 5.23. The topological polar surface area (TPSA) is 63.5 Å². The zero-order valence-corrected chi connectivity index (χ0v) is 16.6. The van der Waals surface area contributed by atoms with Crippen LogP contribution in [0.15, 0.2) is 40.8 Å². The Hall–Kier alpha value is -2.53. The van der Waals surface area contributed by atoms with Crippen molar-refractivity contribution in [2.24, 2.45) is 0 Å². The van der Waals surface area contributed by atoms with Gasteiger partial charge in [-0.25, -0.2) is 0 Å². The summed E-state index contributed by atoms with van der Waals surface area (Å²) < 4.78 is 11.5. The van der Waals surface area contributed by atoms with Gasteiger partial charge in [0.1, 0.15) is 16.9 Å². The van der Waals surface area contributed by atoms with Gasteiger partial charge in [0.05, 0.1) is 18.8 Å². The van der Waals surface area contributed by atoms with Crippen molar-refractivity contribution in [3.05, 3.63) is 36.4 Å². The van der Waals surface area contributed by atoms with E-state index >= 15 is 0 Å². The minimum absolute atomic E-state index is 0.0574. The molecule has 1 atom stereocenters. The van der Waals surface area contributed by atoms with Crippen molar-refractivity contribution in [1.82, 2.24) is 5.32 Å². The molecule has 0 saturated heterocycles. The maximum Gasteiger partial charge on any atom is 0.241 e. The number of para-hydroxylation sites is 1. The Kier molecular flexibility index (Phi) is 5.53. The van der Waals surface area contributed by atoms with Crippen LogP contribution < -0.4 is 15.4 Å². The van der Waals surface area contributed by atoms with E-state index in [1.165, 1.54) is 25.7 Å². The molecule has 1 aliphatic rings. The van der Waals surface area contributed by atoms with Gasteiger partial charge in [0, 0.05) is 22.9 Å². The van der Waals surface area contributed by atoms with E-state index in [1.807, 2.05) is 43.3 Å². The average molecular weight is 380 g/mol. The average Bonchev–Trinajstić information content (AvgIpc) is 2.86. The molecule has 2 aromatic carbocycles. The molecule has 4 rings (SSSR count). The lowest BCUT2D eigenvalue weighted by Gasteiger charge is -2.22. The van der Waals surface area contributed by atoms with Crippen molar-refractivity contribution >= 4 is 33.5 Å². The molecule has 3 aromatic rings. The number of ether oxygens (including phenoxy) is 1. The predicted molar refractivity (Wildman–Crippen MR) is 113 cm³/mol. The molecule has 1 fully saturated rings. The van der Waals surface area contributed by atoms with Gasteiger partial charge in [-0.2, -0.15) is 0 Å². The van der Waals surface area contributed by atoms with Gasteiger partial charge in [0.15, 0.2) is 0 Å². The number of benzene rings is 2. The van der Waals surface area contributed by atoms with E-state index in [2.05, 4.69) is 10.6 Å². The van der Waals surface area contributed by atoms with Gasteiger partial charge in [-0.05, 0) is 31.9 Å². The van der Waals surface area contributed by atoms with Crippen LogP contribution in [-0.4, -0.2) is 25.1 Å². The molecule has 1 aliphatic carbocycles. The first-order valence-corrected chi connectivity index (χ1v) is 10.2. The van der Waals surface area contributed by atoms with Crippen molar-refractivity contribution in [1.29, 1.82) is 0 Å². The molecule has 0 aliphatic heterocycles. The lowest BCUT2D eigenvalue weighted by Crippen LogP contribution is -2.43. The number of rotatable bonds is 5. The summed E-state index contributed by atoms with van der Waals surface area (Å²) in [6.07, 6.45) is 7.36. The number of furan rings is 1. The summed E-state index contributed by atoms with van der Waals surface area (Å²) in [5.41, 5.74) is 2.20. The Labute approximate surface area is 165 Å². The van der Waals surface area contributed by atoms with Crippen LogP contribution in [0.25, 0.3) is 21.9 Å². The molecule has 0 radical (unpaired) electrons. The number of anilines is 1. The quantitative estimate of drug-likeness (QED) is 0.595. The second kappa shape index (κ2) is 8.23. The largest absolute Gasteiger partial charge is 0.495 e. The maximum absolute atomic E-state index is 12.8. The smallest absolute Gasteiger partial charge is 0.241 e. The third kappa shape index (κ3) is 3.85. The number of amides is 1. The molecule has 0 bridgehead atoms. The molecule has 5 heteroatoms. The van der Waals surface area contributed by atoms with Crippen LogP contribution in [0.4, 0.5) is 5.69 Å². The summed E-state index contributed by atoms with van der Waals surface area (Å²) in [7, 11) is 1.62. The first-order valence-electron chi connectivity index (χ1n) is 10.2. The van der Waals surface area contributed by atoms with Crippen LogP contribution in [0.3, 0.4) is 0 Å². The summed E-state index contributed by atoms with van der Waals surface area (Å²) in [5.74, 6) is 0.576. The Bertz CT molecular complexity index is 971. The van der Waals surface area contributed by atoms with Crippen LogP contribution in [0, 0.1) is 0 Å². The molecule has 1 amide bonds. The van der Waals surface area contributed by atoms with Gasteiger partial charge in [0.25, 0.3) is 0 Å². The van der Waals surface area contributed by atoms with Crippen LogP contribution in [-0.2, 0) is 4.79 Å². The van der Waals surface area contributed by atoms with E-state index in [4.69, 9.17) is 9.15 Å². The van der Waals surface area contributed by atoms with Gasteiger partial charge in [-0.3, -0.25) is 4.79 Å². The number of methoxy groups -OCH3 is 1. The summed E-state index contributed by atoms with van der Waals surface area (Å²) in [5, 5.41) is 8.54. The summed E-state index contributed by atoms with van der Waals surface area (Å²) >= 11 is 0. The van der Waals surface area contributed by atoms with Gasteiger partial charge in [-0.1, -0.05) is 43.9 Å². The summed E-state index contributed by atoms with van der Waals surface area (Å²) in [6, 6.07) is 11.8. The Morgan fingerprint density at radius 2 is 1.82 bits per heavy atom. The number of carbonyl (C=O) groups is 1. The van der Waals surface area contributed by atoms with E-state index < -0.39 is 0 Å². The fourth-order valence-electron chi connectivity index (χ4n) is 4.13. The SMILES string of the molecule is COc1cc2c(cc1NC(=O)[C@H](C)NC1CCCCCC1)oc1ccccc12. The number of nitrogens with one attached hydrogen (secondary N) is 2. The lowest BCUT2D eigenvalue weighted by molar-refractivity contribution is -0.118. The normalized spacial score (nSPS) is 16.8. The van der Waals surface area contributed by atoms with Gasteiger partial charge in [-0.15, -0.1) is 0 Å². The molecule has 28 heavy (non-hydrogen) atoms. The molecule has 2 N–H and O–H groups in total. The molecule has 1 aromatic heterocycles. The molecule has 0 spiro atoms. The highest BCUT2D eigenvalue weighted by atomic mass is 16.5. The first kappa shape index (κ1) is 18.8. The second-order valence-corrected chi connectivity index (χ2v) is 7.71. The van der Waals surface area contributed by atoms with Gasteiger partial charge >= 0.3 is 0 Å². The Morgan fingerprint density at radius 1 is 1.07 bits per heavy atom. The minimum Gasteiger partial charge on any atom is -0.495 e. The Morgan fingerprint density at radius 3 is 2.57 bits per heavy atom. The highest BCUT2D eigenvalue weighted by Crippen LogP contribution is 2.36. The highest BCUT2D eigenvalue weighted by Gasteiger charge is 2.21. The molecular weight excluding hydrogens is 352 g/mol. The highest BCUT2D eigenvalue weighted by molar-refractivity contribution is 6.08. The second-order valence-electron chi connectivity index (χ2n) is 7.71. The van der Waals surface area contributed by atoms with E-state index in [0.717, 1.165) is 34.8 Å². The van der Waals surface area contributed by atoms with Crippen LogP contribution in [0.5, 0.6) is 5.75 Å². The molecule has 1 saturated carbocycles. The molecule has 5 nitrogen and oxygen atoms in total. The van der Waals surface area contributed by atoms with Crippen LogP contribution >= 0.6 is 0 Å². The molecule has 1 heterocycles. The zero-order valence-electron chi connectivity index (χ0n) is 16.6. The third-order valence-electron chi connectivity index (χ3n) is 5.69. The van der Waals surface area contributed by atoms with Gasteiger partial charge < -0.3 is 19.8 Å². The van der Waals surface area contributed by atoms with Gasteiger partial charge in [0.2, 0.25) is 5.91 Å². The maximum atomic E-state index is 12.8. The number of carbonyl (C=O) groups excluding carboxylic acids is 1. The number of hydrogen-bond acceptors (Lipinski definition) is 4. The van der Waals surface area contributed by atoms with E-state index in [0.29, 0.717) is 17.5 Å². The third-order valence-corrected chi connectivity index (χ3v) is 5.69. The van der Waals surface area contributed by atoms with Crippen molar-refractivity contribution in [2.75, 3.05) is 12.4 Å². The Balaban J connectivity index is 1.54. The van der Waals surface area contributed by atoms with Crippen molar-refractivity contribution in [2.45, 2.75) is 57.5 Å². The zero-order chi connectivity index (χ0) is 19.5. The van der Waals surface area contributed by atoms with Crippen molar-refractivity contribution in [3.8, 4) is 5.75 Å². The van der Waals surface area contributed by atoms with E-state index in [1.54, 1.807) is 7.11 Å². The summed E-state index contributed by atoms with van der Waals surface area (Å²) in [4.78, 5) is 12.8. The monoisotopic (exact) mass is 380 g/mol. The first-order chi connectivity index (χ1) is 13.7. The van der Waals surface area contributed by atoms with Crippen LogP contribution in [0.2, 0.25) is 0 Å². The van der Waals surface area contributed by atoms with Crippen molar-refractivity contribution in [3.63, 3.8) is 0 Å². The number of hydrogen-bond donors (Lipinski definition) is 2. The molecule has 148 valence electrons. The molecular formula is C23H28N2O3. The fourth-order valence-corrected chi connectivity index (χ4v) is 4.13. The molecule has 0 unspecified atom stereocenters. The minimum atomic E-state index is -0.265. The summed E-state index contributed by atoms with van der Waals surface area (Å²) in [6.45, 7) is 1.92. The standard InChI is InChI=1S/C23H28N2O3/c1-15(24-16-9-5-3-4-6-10-16)23(26)25-19-14-21-18(13-22(19)27-2)17-11-7-8-12-20(17)28-21/h7-8,11-16,24H,3-6,9-10H2,1-2H3,(H,25,26)/t15-/m0/s1.